The van der Waals surface area contributed by atoms with E-state index in [1.807, 2.05) is 0 Å². The maximum atomic E-state index is 3.32. The summed E-state index contributed by atoms with van der Waals surface area (Å²) in [6.45, 7) is 0. The van der Waals surface area contributed by atoms with Gasteiger partial charge in [0.15, 0.2) is 0 Å². The van der Waals surface area contributed by atoms with E-state index in [2.05, 4.69) is 109 Å². The molecule has 0 amide bonds. The molecule has 22 heavy (non-hydrogen) atoms. The molecule has 3 rings (SSSR count). The minimum atomic E-state index is -2.49. The van der Waals surface area contributed by atoms with Crippen LogP contribution in [0.1, 0.15) is 0 Å². The summed E-state index contributed by atoms with van der Waals surface area (Å²) in [6, 6.07) is 32.9. The molecule has 3 aromatic carbocycles. The molecule has 0 heterocycles. The van der Waals surface area contributed by atoms with Crippen molar-refractivity contribution in [2.24, 2.45) is 0 Å². The second kappa shape index (κ2) is 6.48. The van der Waals surface area contributed by atoms with Crippen molar-refractivity contribution in [3.8, 4) is 0 Å². The topological polar surface area (TPSA) is 0 Å². The first-order valence-corrected chi connectivity index (χ1v) is 14.7. The Morgan fingerprint density at radius 2 is 0.818 bits per heavy atom. The van der Waals surface area contributed by atoms with E-state index in [-0.39, 0.29) is 0 Å². The number of hydrogen-bond donors (Lipinski definition) is 0. The molecule has 0 saturated carbocycles. The van der Waals surface area contributed by atoms with Crippen LogP contribution >= 0.6 is 31.8 Å². The first-order valence-electron chi connectivity index (χ1n) is 7.17. The van der Waals surface area contributed by atoms with E-state index in [1.54, 1.807) is 0 Å². The predicted octanol–water partition coefficient (Wildman–Crippen LogP) is 4.69. The van der Waals surface area contributed by atoms with Gasteiger partial charge in [-0.25, -0.2) is 0 Å². The van der Waals surface area contributed by atoms with Crippen molar-refractivity contribution in [3.05, 3.63) is 91.0 Å². The Morgan fingerprint density at radius 1 is 0.545 bits per heavy atom. The first-order chi connectivity index (χ1) is 10.7. The van der Waals surface area contributed by atoms with Crippen LogP contribution in [0.5, 0.6) is 0 Å². The Balaban J connectivity index is 2.41. The molecule has 0 aliphatic heterocycles. The van der Waals surface area contributed by atoms with Gasteiger partial charge in [0.2, 0.25) is 0 Å². The molecular weight excluding hydrogens is 340 g/mol. The van der Waals surface area contributed by atoms with Crippen molar-refractivity contribution < 1.29 is 0 Å². The Bertz CT molecular complexity index is 642. The normalized spacial score (nSPS) is 13.8. The van der Waals surface area contributed by atoms with E-state index in [1.165, 1.54) is 15.9 Å². The molecule has 112 valence electrons. The SMILES string of the molecule is PPP(P)(c1ccccc1)(c1ccccc1)c1ccccc1. The fraction of sp³-hybridized carbons (Fsp3) is 0. The van der Waals surface area contributed by atoms with E-state index in [0.717, 1.165) is 0 Å². The maximum absolute atomic E-state index is 3.32. The van der Waals surface area contributed by atoms with Crippen molar-refractivity contribution in [3.63, 3.8) is 0 Å². The van der Waals surface area contributed by atoms with Crippen LogP contribution < -0.4 is 15.9 Å². The van der Waals surface area contributed by atoms with Crippen LogP contribution in [0.15, 0.2) is 91.0 Å². The molecule has 0 aliphatic carbocycles. The molecule has 0 spiro atoms. The molecule has 0 bridgehead atoms. The Morgan fingerprint density at radius 3 is 1.05 bits per heavy atom. The van der Waals surface area contributed by atoms with Crippen LogP contribution in [-0.4, -0.2) is 0 Å². The molecule has 0 N–H and O–H groups in total. The van der Waals surface area contributed by atoms with Gasteiger partial charge in [-0.1, -0.05) is 0 Å². The fourth-order valence-corrected chi connectivity index (χ4v) is 14.9. The van der Waals surface area contributed by atoms with Crippen LogP contribution in [0.3, 0.4) is 0 Å². The van der Waals surface area contributed by atoms with Crippen molar-refractivity contribution in [1.29, 1.82) is 0 Å². The summed E-state index contributed by atoms with van der Waals surface area (Å²) < 4.78 is 0. The van der Waals surface area contributed by atoms with E-state index >= 15 is 0 Å². The first kappa shape index (κ1) is 16.2. The van der Waals surface area contributed by atoms with Gasteiger partial charge >= 0.3 is 139 Å². The Hall–Kier alpha value is -0.620. The predicted molar refractivity (Wildman–Crippen MR) is 113 cm³/mol. The standard InChI is InChI=1S/C18H20P4/c19-21-22(20,16-10-4-1-5-11-16,17-12-6-2-7-13-17)18-14-8-3-9-15-18/h1-15,21H,19-20H2. The number of rotatable bonds is 4. The van der Waals surface area contributed by atoms with Crippen molar-refractivity contribution in [1.82, 2.24) is 0 Å². The quantitative estimate of drug-likeness (QED) is 0.592. The molecule has 3 aromatic rings. The zero-order valence-corrected chi connectivity index (χ0v) is 16.5. The van der Waals surface area contributed by atoms with Crippen LogP contribution in [0.25, 0.3) is 0 Å². The number of benzene rings is 3. The van der Waals surface area contributed by atoms with E-state index in [9.17, 15) is 0 Å². The molecule has 4 heteroatoms. The van der Waals surface area contributed by atoms with Gasteiger partial charge < -0.3 is 0 Å². The average molecular weight is 360 g/mol. The van der Waals surface area contributed by atoms with Gasteiger partial charge in [0.05, 0.1) is 0 Å². The van der Waals surface area contributed by atoms with E-state index < -0.39 is 5.98 Å². The van der Waals surface area contributed by atoms with Gasteiger partial charge in [-0.2, -0.15) is 0 Å². The van der Waals surface area contributed by atoms with Gasteiger partial charge in [-0.05, 0) is 0 Å². The molecule has 0 aromatic heterocycles. The molecule has 0 saturated heterocycles. The third-order valence-corrected chi connectivity index (χ3v) is 24.3. The third-order valence-electron chi connectivity index (χ3n) is 4.15. The summed E-state index contributed by atoms with van der Waals surface area (Å²) >= 11 is 0. The molecule has 0 radical (unpaired) electrons. The zero-order valence-electron chi connectivity index (χ0n) is 12.3. The summed E-state index contributed by atoms with van der Waals surface area (Å²) in [6.07, 6.45) is 0. The van der Waals surface area contributed by atoms with Gasteiger partial charge in [-0.3, -0.25) is 0 Å². The van der Waals surface area contributed by atoms with E-state index in [0.29, 0.717) is 7.96 Å². The molecule has 3 unspecified atom stereocenters. The zero-order chi connectivity index (χ0) is 15.5. The van der Waals surface area contributed by atoms with Gasteiger partial charge in [0, 0.05) is 0 Å². The molecule has 0 fully saturated rings. The molecular formula is C18H20P4. The van der Waals surface area contributed by atoms with Gasteiger partial charge in [-0.15, -0.1) is 0 Å². The van der Waals surface area contributed by atoms with Crippen molar-refractivity contribution in [2.75, 3.05) is 0 Å². The third kappa shape index (κ3) is 2.48. The van der Waals surface area contributed by atoms with Crippen LogP contribution in [0, 0.1) is 0 Å². The number of hydrogen-bond acceptors (Lipinski definition) is 0. The Kier molecular flexibility index (Phi) is 4.78. The molecule has 3 atom stereocenters. The summed E-state index contributed by atoms with van der Waals surface area (Å²) in [5, 5.41) is 4.26. The van der Waals surface area contributed by atoms with Crippen LogP contribution in [0.4, 0.5) is 0 Å². The molecule has 0 aliphatic rings. The van der Waals surface area contributed by atoms with Gasteiger partial charge in [0.25, 0.3) is 0 Å². The summed E-state index contributed by atoms with van der Waals surface area (Å²) in [5.41, 5.74) is 0. The van der Waals surface area contributed by atoms with Crippen molar-refractivity contribution >= 4 is 47.7 Å². The second-order valence-corrected chi connectivity index (χ2v) is 20.0. The summed E-state index contributed by atoms with van der Waals surface area (Å²) in [7, 11) is 7.07. The van der Waals surface area contributed by atoms with E-state index in [4.69, 9.17) is 0 Å². The van der Waals surface area contributed by atoms with Crippen LogP contribution in [-0.2, 0) is 0 Å². The van der Waals surface area contributed by atoms with Crippen molar-refractivity contribution in [2.45, 2.75) is 0 Å². The summed E-state index contributed by atoms with van der Waals surface area (Å²) in [4.78, 5) is 0. The van der Waals surface area contributed by atoms with Crippen LogP contribution in [0.2, 0.25) is 0 Å². The molecule has 0 nitrogen and oxygen atoms in total. The monoisotopic (exact) mass is 360 g/mol. The fourth-order valence-electron chi connectivity index (χ4n) is 2.88. The van der Waals surface area contributed by atoms with Gasteiger partial charge in [0.1, 0.15) is 0 Å². The minimum absolute atomic E-state index is 0.715. The Labute approximate surface area is 138 Å². The summed E-state index contributed by atoms with van der Waals surface area (Å²) in [5.74, 6) is -2.49. The average Bonchev–Trinajstić information content (AvgIpc) is 2.63. The second-order valence-electron chi connectivity index (χ2n) is 5.32.